The fraction of sp³-hybridized carbons (Fsp3) is 0.333. The van der Waals surface area contributed by atoms with Crippen LogP contribution in [0.2, 0.25) is 0 Å². The number of aromatic nitrogens is 1. The Bertz CT molecular complexity index is 600. The van der Waals surface area contributed by atoms with Crippen LogP contribution in [0.3, 0.4) is 0 Å². The van der Waals surface area contributed by atoms with Crippen molar-refractivity contribution in [3.05, 3.63) is 29.6 Å². The second-order valence-corrected chi connectivity index (χ2v) is 4.62. The normalized spacial score (nSPS) is 24.7. The highest BCUT2D eigenvalue weighted by Crippen LogP contribution is 2.40. The number of urea groups is 1. The zero-order chi connectivity index (χ0) is 13.6. The summed E-state index contributed by atoms with van der Waals surface area (Å²) in [5.41, 5.74) is 0.311. The first-order chi connectivity index (χ1) is 9.04. The maximum absolute atomic E-state index is 12.4. The van der Waals surface area contributed by atoms with E-state index >= 15 is 0 Å². The van der Waals surface area contributed by atoms with Gasteiger partial charge in [-0.2, -0.15) is 0 Å². The number of nitrogens with zero attached hydrogens (tertiary/aromatic N) is 2. The number of hydrogen-bond donors (Lipinski definition) is 2. The summed E-state index contributed by atoms with van der Waals surface area (Å²) in [6, 6.07) is 2.78. The third-order valence-corrected chi connectivity index (χ3v) is 3.56. The maximum atomic E-state index is 12.4. The third kappa shape index (κ3) is 1.51. The number of rotatable bonds is 2. The van der Waals surface area contributed by atoms with Crippen LogP contribution >= 0.6 is 0 Å². The van der Waals surface area contributed by atoms with Crippen LogP contribution in [0.15, 0.2) is 18.3 Å². The van der Waals surface area contributed by atoms with E-state index in [4.69, 9.17) is 5.11 Å². The lowest BCUT2D eigenvalue weighted by Gasteiger charge is -2.21. The quantitative estimate of drug-likeness (QED) is 0.722. The molecular formula is C12H11N3O4. The number of carboxylic acid groups (broad SMARTS) is 1. The van der Waals surface area contributed by atoms with Crippen LogP contribution in [0.25, 0.3) is 0 Å². The van der Waals surface area contributed by atoms with Gasteiger partial charge in [-0.3, -0.25) is 19.5 Å². The molecule has 2 N–H and O–H groups in total. The minimum Gasteiger partial charge on any atom is -0.480 e. The van der Waals surface area contributed by atoms with Gasteiger partial charge in [-0.05, 0) is 18.9 Å². The Balaban J connectivity index is 2.02. The van der Waals surface area contributed by atoms with Gasteiger partial charge in [-0.25, -0.2) is 4.79 Å². The Kier molecular flexibility index (Phi) is 2.31. The summed E-state index contributed by atoms with van der Waals surface area (Å²) >= 11 is 0. The van der Waals surface area contributed by atoms with E-state index in [9.17, 15) is 14.4 Å². The molecule has 1 unspecified atom stereocenters. The summed E-state index contributed by atoms with van der Waals surface area (Å²) < 4.78 is 0. The van der Waals surface area contributed by atoms with E-state index < -0.39 is 30.0 Å². The van der Waals surface area contributed by atoms with Gasteiger partial charge >= 0.3 is 12.0 Å². The Labute approximate surface area is 108 Å². The van der Waals surface area contributed by atoms with Crippen molar-refractivity contribution in [3.63, 3.8) is 0 Å². The average Bonchev–Trinajstić information content (AvgIpc) is 2.85. The van der Waals surface area contributed by atoms with Crippen molar-refractivity contribution in [2.75, 3.05) is 6.54 Å². The van der Waals surface area contributed by atoms with Crippen molar-refractivity contribution in [1.29, 1.82) is 0 Å². The van der Waals surface area contributed by atoms with E-state index in [-0.39, 0.29) is 0 Å². The zero-order valence-electron chi connectivity index (χ0n) is 9.92. The molecule has 3 rings (SSSR count). The van der Waals surface area contributed by atoms with Crippen LogP contribution in [0.4, 0.5) is 4.79 Å². The standard InChI is InChI=1S/C12H11N3O4/c16-9(17)6-15-10(18)12(14-11(15)19)4-3-8-7(12)2-1-5-13-8/h1-2,5H,3-4,6H2,(H,14,19)(H,16,17). The van der Waals surface area contributed by atoms with Gasteiger partial charge in [0.25, 0.3) is 5.91 Å². The first-order valence-corrected chi connectivity index (χ1v) is 5.85. The van der Waals surface area contributed by atoms with Crippen LogP contribution in [0.1, 0.15) is 17.7 Å². The van der Waals surface area contributed by atoms with E-state index in [2.05, 4.69) is 10.3 Å². The van der Waals surface area contributed by atoms with Crippen molar-refractivity contribution in [2.24, 2.45) is 0 Å². The molecule has 19 heavy (non-hydrogen) atoms. The van der Waals surface area contributed by atoms with E-state index in [1.165, 1.54) is 0 Å². The summed E-state index contributed by atoms with van der Waals surface area (Å²) in [6.45, 7) is -0.623. The van der Waals surface area contributed by atoms with Crippen LogP contribution < -0.4 is 5.32 Å². The van der Waals surface area contributed by atoms with Gasteiger partial charge in [0.2, 0.25) is 0 Å². The molecule has 1 spiro atoms. The van der Waals surface area contributed by atoms with Crippen LogP contribution in [0.5, 0.6) is 0 Å². The molecule has 1 atom stereocenters. The molecule has 0 saturated carbocycles. The van der Waals surface area contributed by atoms with Gasteiger partial charge in [0, 0.05) is 17.5 Å². The highest BCUT2D eigenvalue weighted by atomic mass is 16.4. The van der Waals surface area contributed by atoms with E-state index in [0.717, 1.165) is 10.6 Å². The molecule has 7 nitrogen and oxygen atoms in total. The average molecular weight is 261 g/mol. The van der Waals surface area contributed by atoms with Crippen LogP contribution in [-0.4, -0.2) is 39.4 Å². The molecule has 0 bridgehead atoms. The van der Waals surface area contributed by atoms with Crippen LogP contribution in [0, 0.1) is 0 Å². The fourth-order valence-corrected chi connectivity index (χ4v) is 2.72. The lowest BCUT2D eigenvalue weighted by Crippen LogP contribution is -2.42. The highest BCUT2D eigenvalue weighted by Gasteiger charge is 2.55. The molecule has 1 aliphatic carbocycles. The number of amides is 3. The van der Waals surface area contributed by atoms with Gasteiger partial charge in [0.1, 0.15) is 12.1 Å². The first-order valence-electron chi connectivity index (χ1n) is 5.85. The molecule has 0 aromatic carbocycles. The zero-order valence-corrected chi connectivity index (χ0v) is 9.92. The number of aliphatic carboxylic acids is 1. The molecule has 2 aliphatic rings. The third-order valence-electron chi connectivity index (χ3n) is 3.56. The molecule has 1 aromatic heterocycles. The van der Waals surface area contributed by atoms with Gasteiger partial charge < -0.3 is 10.4 Å². The summed E-state index contributed by atoms with van der Waals surface area (Å²) in [6.07, 6.45) is 2.64. The first kappa shape index (κ1) is 11.6. The molecule has 1 fully saturated rings. The molecular weight excluding hydrogens is 250 g/mol. The molecule has 0 radical (unpaired) electrons. The molecule has 98 valence electrons. The number of nitrogens with one attached hydrogen (secondary N) is 1. The second-order valence-electron chi connectivity index (χ2n) is 4.62. The number of carboxylic acids is 1. The van der Waals surface area contributed by atoms with E-state index in [1.54, 1.807) is 18.3 Å². The Morgan fingerprint density at radius 2 is 2.32 bits per heavy atom. The minimum absolute atomic E-state index is 0.417. The Morgan fingerprint density at radius 3 is 3.05 bits per heavy atom. The predicted octanol–water partition coefficient (Wildman–Crippen LogP) is -0.141. The SMILES string of the molecule is O=C(O)CN1C(=O)NC2(CCc3ncccc32)C1=O. The lowest BCUT2D eigenvalue weighted by molar-refractivity contribution is -0.142. The van der Waals surface area contributed by atoms with Crippen molar-refractivity contribution in [1.82, 2.24) is 15.2 Å². The van der Waals surface area contributed by atoms with Gasteiger partial charge in [-0.1, -0.05) is 6.07 Å². The molecule has 1 aliphatic heterocycles. The fourth-order valence-electron chi connectivity index (χ4n) is 2.72. The molecule has 1 aromatic rings. The second kappa shape index (κ2) is 3.78. The largest absolute Gasteiger partial charge is 0.480 e. The lowest BCUT2D eigenvalue weighted by atomic mass is 9.93. The minimum atomic E-state index is -1.22. The van der Waals surface area contributed by atoms with Crippen LogP contribution in [-0.2, 0) is 21.5 Å². The highest BCUT2D eigenvalue weighted by molar-refractivity contribution is 6.09. The number of fused-ring (bicyclic) bond motifs is 2. The number of pyridine rings is 1. The molecule has 7 heteroatoms. The number of carbonyl (C=O) groups excluding carboxylic acids is 2. The Hall–Kier alpha value is -2.44. The summed E-state index contributed by atoms with van der Waals surface area (Å²) in [4.78, 5) is 39.8. The molecule has 3 amide bonds. The van der Waals surface area contributed by atoms with Gasteiger partial charge in [0.15, 0.2) is 0 Å². The van der Waals surface area contributed by atoms with Gasteiger partial charge in [0.05, 0.1) is 0 Å². The summed E-state index contributed by atoms with van der Waals surface area (Å²) in [5, 5.41) is 11.4. The van der Waals surface area contributed by atoms with E-state index in [0.29, 0.717) is 18.4 Å². The van der Waals surface area contributed by atoms with Crippen molar-refractivity contribution >= 4 is 17.9 Å². The number of carbonyl (C=O) groups is 3. The topological polar surface area (TPSA) is 99.6 Å². The monoisotopic (exact) mass is 261 g/mol. The maximum Gasteiger partial charge on any atom is 0.325 e. The Morgan fingerprint density at radius 1 is 1.53 bits per heavy atom. The van der Waals surface area contributed by atoms with E-state index in [1.807, 2.05) is 0 Å². The smallest absolute Gasteiger partial charge is 0.325 e. The molecule has 2 heterocycles. The van der Waals surface area contributed by atoms with Crippen molar-refractivity contribution in [2.45, 2.75) is 18.4 Å². The number of imide groups is 1. The summed E-state index contributed by atoms with van der Waals surface area (Å²) in [7, 11) is 0. The van der Waals surface area contributed by atoms with Crippen molar-refractivity contribution in [3.8, 4) is 0 Å². The summed E-state index contributed by atoms with van der Waals surface area (Å²) in [5.74, 6) is -1.73. The van der Waals surface area contributed by atoms with Gasteiger partial charge in [-0.15, -0.1) is 0 Å². The molecule has 1 saturated heterocycles. The number of aryl methyl sites for hydroxylation is 1. The van der Waals surface area contributed by atoms with Crippen molar-refractivity contribution < 1.29 is 19.5 Å². The predicted molar refractivity (Wildman–Crippen MR) is 62.1 cm³/mol. The number of hydrogen-bond acceptors (Lipinski definition) is 4.